The molecule has 6 rings (SSSR count). The van der Waals surface area contributed by atoms with Crippen molar-refractivity contribution >= 4 is 118 Å². The number of unbranched alkanes of at least 4 members (excludes halogenated alkanes) is 1. The molecule has 6 aromatic rings. The zero-order valence-corrected chi connectivity index (χ0v) is 56.3. The number of benzene rings is 3. The summed E-state index contributed by atoms with van der Waals surface area (Å²) in [7, 11) is 2.37. The van der Waals surface area contributed by atoms with Gasteiger partial charge < -0.3 is 75.6 Å². The second-order valence-corrected chi connectivity index (χ2v) is 26.3. The number of primary amides is 1. The second kappa shape index (κ2) is 35.9. The van der Waals surface area contributed by atoms with E-state index in [1.807, 2.05) is 0 Å². The summed E-state index contributed by atoms with van der Waals surface area (Å²) < 4.78 is 53.8. The number of urea groups is 1. The van der Waals surface area contributed by atoms with Crippen LogP contribution >= 0.6 is 22.7 Å². The third-order valence-electron chi connectivity index (χ3n) is 14.2. The van der Waals surface area contributed by atoms with Crippen LogP contribution in [0.4, 0.5) is 20.1 Å². The number of carboxylic acid groups (broad SMARTS) is 2. The maximum Gasteiger partial charge on any atom is 0.415 e. The van der Waals surface area contributed by atoms with Gasteiger partial charge in [-0.05, 0) is 77.9 Å². The van der Waals surface area contributed by atoms with Crippen molar-refractivity contribution in [3.8, 4) is 34.8 Å². The second-order valence-electron chi connectivity index (χ2n) is 22.3. The summed E-state index contributed by atoms with van der Waals surface area (Å²) in [5.41, 5.74) is 6.49. The van der Waals surface area contributed by atoms with Crippen LogP contribution in [0, 0.1) is 17.8 Å². The zero-order valence-electron chi connectivity index (χ0n) is 53.8. The Hall–Kier alpha value is -10.1. The van der Waals surface area contributed by atoms with Crippen LogP contribution in [-0.4, -0.2) is 189 Å². The number of hydrogen-bond acceptors (Lipinski definition) is 21. The number of Topliss-reactive ketones (excluding diaryl/α,β-unsaturated/α-hetero) is 1. The average molecular weight is 1390 g/mol. The topological polar surface area (TPSA) is 401 Å². The number of ether oxygens (including phenoxy) is 5. The van der Waals surface area contributed by atoms with Crippen molar-refractivity contribution in [2.45, 2.75) is 95.5 Å². The first kappa shape index (κ1) is 74.9. The largest absolute Gasteiger partial charge is 0.493 e. The quantitative estimate of drug-likeness (QED) is 0.00942. The number of nitrogens with two attached hydrogens (primary N) is 1. The van der Waals surface area contributed by atoms with Crippen LogP contribution in [0.5, 0.6) is 23.0 Å². The molecule has 0 saturated carbocycles. The number of aromatic nitrogens is 2. The van der Waals surface area contributed by atoms with Gasteiger partial charge in [0.25, 0.3) is 5.91 Å². The van der Waals surface area contributed by atoms with Gasteiger partial charge in [0.05, 0.1) is 48.5 Å². The number of fused-ring (bicyclic) bond motifs is 2. The van der Waals surface area contributed by atoms with Crippen molar-refractivity contribution in [2.24, 2.45) is 11.7 Å². The predicted octanol–water partition coefficient (Wildman–Crippen LogP) is 6.69. The molecule has 3 aromatic carbocycles. The van der Waals surface area contributed by atoms with E-state index in [1.54, 1.807) is 68.4 Å². The minimum absolute atomic E-state index is 0.00295. The van der Waals surface area contributed by atoms with Gasteiger partial charge in [0, 0.05) is 119 Å². The smallest absolute Gasteiger partial charge is 0.415 e. The van der Waals surface area contributed by atoms with Gasteiger partial charge in [0.15, 0.2) is 28.8 Å². The molecule has 0 aliphatic rings. The molecule has 8 N–H and O–H groups in total. The van der Waals surface area contributed by atoms with Crippen LogP contribution in [0.25, 0.3) is 20.2 Å². The van der Waals surface area contributed by atoms with E-state index in [0.29, 0.717) is 72.8 Å². The fourth-order valence-corrected chi connectivity index (χ4v) is 11.4. The Bertz CT molecular complexity index is 3980. The number of carbonyl (C=O) groups is 10. The summed E-state index contributed by atoms with van der Waals surface area (Å²) in [6.07, 6.45) is 2.53. The zero-order chi connectivity index (χ0) is 70.2. The Morgan fingerprint density at radius 3 is 1.90 bits per heavy atom. The van der Waals surface area contributed by atoms with E-state index in [2.05, 4.69) is 43.1 Å². The monoisotopic (exact) mass is 1380 g/mol. The Labute approximate surface area is 561 Å². The van der Waals surface area contributed by atoms with Crippen LogP contribution in [0.3, 0.4) is 0 Å². The number of rotatable bonds is 35. The molecule has 32 heteroatoms. The Morgan fingerprint density at radius 1 is 0.688 bits per heavy atom. The summed E-state index contributed by atoms with van der Waals surface area (Å²) in [6, 6.07) is 13.4. The van der Waals surface area contributed by atoms with Crippen molar-refractivity contribution < 1.29 is 90.3 Å². The molecule has 3 aromatic heterocycles. The fourth-order valence-electron chi connectivity index (χ4n) is 8.85. The molecule has 0 aliphatic carbocycles. The predicted molar refractivity (Wildman–Crippen MR) is 354 cm³/mol. The van der Waals surface area contributed by atoms with Crippen LogP contribution < -0.4 is 45.9 Å². The van der Waals surface area contributed by atoms with E-state index in [-0.39, 0.29) is 113 Å². The lowest BCUT2D eigenvalue weighted by Gasteiger charge is -2.25. The molecular weight excluding hydrogens is 1310 g/mol. The molecule has 0 fully saturated rings. The van der Waals surface area contributed by atoms with Gasteiger partial charge in [0.1, 0.15) is 18.7 Å². The summed E-state index contributed by atoms with van der Waals surface area (Å²) in [5.74, 6) is 1.78. The number of hydrogen-bond donors (Lipinski definition) is 7. The number of aliphatic carboxylic acids is 2. The maximum atomic E-state index is 13.7. The number of ketones is 1. The molecule has 3 heterocycles. The Balaban J connectivity index is 0.998. The summed E-state index contributed by atoms with van der Waals surface area (Å²) in [4.78, 5) is 139. The van der Waals surface area contributed by atoms with Crippen molar-refractivity contribution in [1.29, 1.82) is 0 Å². The van der Waals surface area contributed by atoms with Gasteiger partial charge in [-0.1, -0.05) is 37.8 Å². The fraction of sp³-hybridized carbons (Fsp3) is 0.406. The number of nitrogens with zero attached hydrogens (tertiary/aromatic N) is 5. The van der Waals surface area contributed by atoms with Gasteiger partial charge in [0.2, 0.25) is 32.7 Å². The van der Waals surface area contributed by atoms with Crippen LogP contribution in [-0.2, 0) is 45.2 Å². The van der Waals surface area contributed by atoms with Crippen LogP contribution in [0.2, 0.25) is 0 Å². The highest BCUT2D eigenvalue weighted by Gasteiger charge is 2.30. The molecule has 0 bridgehead atoms. The highest BCUT2D eigenvalue weighted by molar-refractivity contribution is 7.90. The molecular formula is C64H76N10O19S3. The van der Waals surface area contributed by atoms with Gasteiger partial charge >= 0.3 is 30.2 Å². The number of carbonyl (C=O) groups excluding carboxylic acids is 8. The number of thiophene rings is 2. The molecule has 0 spiro atoms. The van der Waals surface area contributed by atoms with Crippen molar-refractivity contribution in [3.63, 3.8) is 0 Å². The number of anilines is 1. The third kappa shape index (κ3) is 23.4. The molecule has 514 valence electrons. The first-order valence-electron chi connectivity index (χ1n) is 30.1. The number of amides is 8. The lowest BCUT2D eigenvalue weighted by molar-refractivity contribution is -0.138. The summed E-state index contributed by atoms with van der Waals surface area (Å²) >= 11 is 2.32. The van der Waals surface area contributed by atoms with E-state index in [1.165, 1.54) is 72.7 Å². The first-order chi connectivity index (χ1) is 45.6. The number of sulfone groups is 1. The van der Waals surface area contributed by atoms with Gasteiger partial charge in [-0.2, -0.15) is 0 Å². The Morgan fingerprint density at radius 2 is 1.29 bits per heavy atom. The van der Waals surface area contributed by atoms with E-state index in [9.17, 15) is 56.4 Å². The molecule has 0 aliphatic heterocycles. The molecule has 0 saturated heterocycles. The van der Waals surface area contributed by atoms with Gasteiger partial charge in [-0.25, -0.2) is 32.8 Å². The average Bonchev–Trinajstić information content (AvgIpc) is 1.65. The van der Waals surface area contributed by atoms with Gasteiger partial charge in [-0.15, -0.1) is 22.7 Å². The summed E-state index contributed by atoms with van der Waals surface area (Å²) in [5, 5.41) is 29.9. The van der Waals surface area contributed by atoms with Gasteiger partial charge in [-0.3, -0.25) is 33.6 Å². The molecule has 2 atom stereocenters. The number of carboxylic acids is 2. The highest BCUT2D eigenvalue weighted by Crippen LogP contribution is 2.39. The van der Waals surface area contributed by atoms with E-state index in [0.717, 1.165) is 22.3 Å². The lowest BCUT2D eigenvalue weighted by atomic mass is 10.0. The molecule has 8 amide bonds. The Kier molecular flexibility index (Phi) is 28.0. The van der Waals surface area contributed by atoms with Crippen molar-refractivity contribution in [2.75, 3.05) is 79.2 Å². The normalized spacial score (nSPS) is 11.7. The lowest BCUT2D eigenvalue weighted by Crippen LogP contribution is -2.54. The standard InChI is InChI=1S/C64H76N10O19S3/c1-38(2)57(71-54(76)15-10-8-9-13-40-35-67-62(68-36-40)96(7,87)88)59(82)70-44(14-11-23-66-61(65)84)58(81)69-43-18-16-39(17-19-43)37-92-63(85)73(4)25-26-74(5)64(86)93-49-34-51-41(31-52(94-51)45(75)20-21-55(77)78)30-48(49)91-28-12-27-90-47-29-42-32-53(95-50(42)33-46(47)89-6)60(83)72(3)24-22-56(79)80/h16-19,29-36,38,44,57H,8,10-12,14-15,20-28,37H2,1-7H3,(H,69,81)(H,70,82)(H,71,76)(H,77,78)(H,79,80)(H3,65,66,84)/t44-,57-/m0/s1. The molecule has 0 radical (unpaired) electrons. The summed E-state index contributed by atoms with van der Waals surface area (Å²) in [6.45, 7) is 3.61. The first-order valence-corrected chi connectivity index (χ1v) is 33.6. The van der Waals surface area contributed by atoms with E-state index >= 15 is 0 Å². The van der Waals surface area contributed by atoms with Crippen molar-refractivity contribution in [3.05, 3.63) is 93.9 Å². The molecule has 0 unspecified atom stereocenters. The van der Waals surface area contributed by atoms with E-state index < -0.39 is 75.7 Å². The highest BCUT2D eigenvalue weighted by atomic mass is 32.2. The number of nitrogens with one attached hydrogen (secondary N) is 4. The van der Waals surface area contributed by atoms with E-state index in [4.69, 9.17) is 39.6 Å². The number of methoxy groups -OCH3 is 1. The van der Waals surface area contributed by atoms with Crippen LogP contribution in [0.1, 0.15) is 102 Å². The molecule has 29 nitrogen and oxygen atoms in total. The molecule has 96 heavy (non-hydrogen) atoms. The SMILES string of the molecule is COc1cc2sc(C(=O)N(C)CCC(=O)O)cc2cc1OCCCOc1cc2cc(C(=O)CCC(=O)O)sc2cc1OC(=O)N(C)CCN(C)C(=O)OCc1ccc(NC(=O)[C@H](CCCNC(N)=O)NC(=O)[C@@H](NC(=O)CCCC#Cc2cnc(S(C)(=O)=O)nc2)C(C)C)cc1. The number of likely N-dealkylation sites (N-methyl/N-ethyl adjacent to an activating group) is 2. The maximum absolute atomic E-state index is 13.7. The van der Waals surface area contributed by atoms with Crippen LogP contribution in [0.15, 0.2) is 78.2 Å². The van der Waals surface area contributed by atoms with Crippen molar-refractivity contribution in [1.82, 2.24) is 40.6 Å². The third-order valence-corrected chi connectivity index (χ3v) is 17.3. The minimum atomic E-state index is -3.57. The minimum Gasteiger partial charge on any atom is -0.493 e.